The van der Waals surface area contributed by atoms with Crippen molar-refractivity contribution < 1.29 is 0 Å². The van der Waals surface area contributed by atoms with Crippen molar-refractivity contribution in [2.45, 2.75) is 49.0 Å². The summed E-state index contributed by atoms with van der Waals surface area (Å²) in [5.41, 5.74) is 2.03. The molecule has 0 bridgehead atoms. The van der Waals surface area contributed by atoms with Gasteiger partial charge >= 0.3 is 0 Å². The van der Waals surface area contributed by atoms with Gasteiger partial charge in [0.05, 0.1) is 0 Å². The lowest BCUT2D eigenvalue weighted by atomic mass is 9.96. The molecule has 2 heteroatoms. The molecule has 1 aromatic carbocycles. The van der Waals surface area contributed by atoms with Crippen LogP contribution >= 0.6 is 11.8 Å². The van der Waals surface area contributed by atoms with Crippen LogP contribution in [0.4, 0.5) is 0 Å². The fourth-order valence-electron chi connectivity index (χ4n) is 2.42. The van der Waals surface area contributed by atoms with E-state index in [0.717, 1.165) is 11.8 Å². The summed E-state index contributed by atoms with van der Waals surface area (Å²) in [5.74, 6) is 1.16. The second kappa shape index (κ2) is 4.66. The van der Waals surface area contributed by atoms with Crippen molar-refractivity contribution >= 4 is 11.8 Å². The van der Waals surface area contributed by atoms with Crippen LogP contribution in [0.5, 0.6) is 0 Å². The van der Waals surface area contributed by atoms with E-state index in [1.54, 1.807) is 5.56 Å². The largest absolute Gasteiger partial charge is 0.313 e. The van der Waals surface area contributed by atoms with E-state index in [1.807, 2.05) is 11.8 Å². The van der Waals surface area contributed by atoms with Gasteiger partial charge in [-0.1, -0.05) is 19.1 Å². The molecule has 0 aromatic heterocycles. The van der Waals surface area contributed by atoms with Crippen molar-refractivity contribution in [1.29, 1.82) is 0 Å². The summed E-state index contributed by atoms with van der Waals surface area (Å²) in [6.45, 7) is 3.40. The topological polar surface area (TPSA) is 12.0 Å². The second-order valence-electron chi connectivity index (χ2n) is 5.39. The molecule has 1 aromatic rings. The summed E-state index contributed by atoms with van der Waals surface area (Å²) in [5, 5.41) is 3.69. The van der Waals surface area contributed by atoms with Crippen LogP contribution in [0.2, 0.25) is 0 Å². The summed E-state index contributed by atoms with van der Waals surface area (Å²) < 4.78 is 0. The highest BCUT2D eigenvalue weighted by molar-refractivity contribution is 7.99. The number of benzene rings is 1. The summed E-state index contributed by atoms with van der Waals surface area (Å²) in [7, 11) is 0. The van der Waals surface area contributed by atoms with Gasteiger partial charge in [-0.25, -0.2) is 0 Å². The molecule has 2 fully saturated rings. The molecule has 1 N–H and O–H groups in total. The summed E-state index contributed by atoms with van der Waals surface area (Å²) in [4.78, 5) is 1.40. The molecule has 0 aliphatic heterocycles. The molecule has 2 aliphatic rings. The van der Waals surface area contributed by atoms with Gasteiger partial charge in [0.2, 0.25) is 0 Å². The number of hydrogen-bond acceptors (Lipinski definition) is 2. The lowest BCUT2D eigenvalue weighted by Crippen LogP contribution is -2.28. The van der Waals surface area contributed by atoms with Crippen LogP contribution in [0.25, 0.3) is 0 Å². The number of hydrogen-bond donors (Lipinski definition) is 1. The minimum Gasteiger partial charge on any atom is -0.313 e. The van der Waals surface area contributed by atoms with E-state index in [0.29, 0.717) is 5.41 Å². The van der Waals surface area contributed by atoms with Gasteiger partial charge in [0.1, 0.15) is 0 Å². The molecule has 3 rings (SSSR count). The summed E-state index contributed by atoms with van der Waals surface area (Å²) in [6, 6.07) is 10.1. The molecule has 0 amide bonds. The van der Waals surface area contributed by atoms with Gasteiger partial charge in [-0.2, -0.15) is 0 Å². The van der Waals surface area contributed by atoms with Crippen LogP contribution in [0.15, 0.2) is 29.2 Å². The Balaban J connectivity index is 1.65. The van der Waals surface area contributed by atoms with Gasteiger partial charge in [0, 0.05) is 22.9 Å². The Morgan fingerprint density at radius 3 is 2.47 bits per heavy atom. The SMILES string of the molecule is CCSc1ccc(C2(CNC3CC3)CC2)cc1. The first-order valence-corrected chi connectivity index (χ1v) is 7.78. The third kappa shape index (κ3) is 2.69. The van der Waals surface area contributed by atoms with Crippen molar-refractivity contribution in [3.63, 3.8) is 0 Å². The zero-order valence-corrected chi connectivity index (χ0v) is 11.4. The normalized spacial score (nSPS) is 21.5. The van der Waals surface area contributed by atoms with Gasteiger partial charge in [-0.05, 0) is 49.1 Å². The second-order valence-corrected chi connectivity index (χ2v) is 6.73. The molecule has 0 heterocycles. The number of rotatable bonds is 6. The molecule has 0 atom stereocenters. The van der Waals surface area contributed by atoms with Crippen LogP contribution in [0, 0.1) is 0 Å². The molecule has 2 aliphatic carbocycles. The third-order valence-electron chi connectivity index (χ3n) is 3.94. The highest BCUT2D eigenvalue weighted by Gasteiger charge is 2.44. The Hall–Kier alpha value is -0.470. The van der Waals surface area contributed by atoms with Gasteiger partial charge in [0.15, 0.2) is 0 Å². The van der Waals surface area contributed by atoms with Crippen molar-refractivity contribution in [2.24, 2.45) is 0 Å². The molecule has 1 nitrogen and oxygen atoms in total. The molecule has 0 saturated heterocycles. The van der Waals surface area contributed by atoms with Crippen LogP contribution in [0.3, 0.4) is 0 Å². The van der Waals surface area contributed by atoms with Crippen LogP contribution < -0.4 is 5.32 Å². The number of thioether (sulfide) groups is 1. The maximum atomic E-state index is 3.69. The van der Waals surface area contributed by atoms with E-state index in [-0.39, 0.29) is 0 Å². The molecule has 92 valence electrons. The van der Waals surface area contributed by atoms with E-state index in [2.05, 4.69) is 36.5 Å². The maximum absolute atomic E-state index is 3.69. The zero-order chi connectivity index (χ0) is 11.7. The first kappa shape index (κ1) is 11.6. The van der Waals surface area contributed by atoms with Crippen molar-refractivity contribution in [3.8, 4) is 0 Å². The monoisotopic (exact) mass is 247 g/mol. The Bertz CT molecular complexity index is 376. The first-order valence-electron chi connectivity index (χ1n) is 6.79. The quantitative estimate of drug-likeness (QED) is 0.771. The van der Waals surface area contributed by atoms with E-state index >= 15 is 0 Å². The third-order valence-corrected chi connectivity index (χ3v) is 4.83. The molecule has 0 unspecified atom stereocenters. The van der Waals surface area contributed by atoms with E-state index in [1.165, 1.54) is 37.1 Å². The van der Waals surface area contributed by atoms with Gasteiger partial charge in [-0.15, -0.1) is 11.8 Å². The number of nitrogens with one attached hydrogen (secondary N) is 1. The highest BCUT2D eigenvalue weighted by atomic mass is 32.2. The first-order chi connectivity index (χ1) is 8.32. The van der Waals surface area contributed by atoms with E-state index < -0.39 is 0 Å². The van der Waals surface area contributed by atoms with Crippen LogP contribution in [0.1, 0.15) is 38.2 Å². The zero-order valence-electron chi connectivity index (χ0n) is 10.5. The average Bonchev–Trinajstić information content (AvgIpc) is 3.24. The maximum Gasteiger partial charge on any atom is 0.00785 e. The predicted octanol–water partition coefficient (Wildman–Crippen LogP) is 3.58. The smallest absolute Gasteiger partial charge is 0.00785 e. The van der Waals surface area contributed by atoms with Crippen molar-refractivity contribution in [1.82, 2.24) is 5.32 Å². The van der Waals surface area contributed by atoms with Gasteiger partial charge in [-0.3, -0.25) is 0 Å². The fourth-order valence-corrected chi connectivity index (χ4v) is 3.08. The van der Waals surface area contributed by atoms with E-state index in [4.69, 9.17) is 0 Å². The molecule has 17 heavy (non-hydrogen) atoms. The average molecular weight is 247 g/mol. The minimum atomic E-state index is 0.484. The van der Waals surface area contributed by atoms with Crippen molar-refractivity contribution in [2.75, 3.05) is 12.3 Å². The Kier molecular flexibility index (Phi) is 3.18. The minimum absolute atomic E-state index is 0.484. The molecular weight excluding hydrogens is 226 g/mol. The molecule has 2 saturated carbocycles. The van der Waals surface area contributed by atoms with Crippen LogP contribution in [-0.2, 0) is 5.41 Å². The van der Waals surface area contributed by atoms with Crippen LogP contribution in [-0.4, -0.2) is 18.3 Å². The standard InChI is InChI=1S/C15H21NS/c1-2-17-14-7-3-12(4-8-14)15(9-10-15)11-16-13-5-6-13/h3-4,7-8,13,16H,2,5-6,9-11H2,1H3. The van der Waals surface area contributed by atoms with Gasteiger partial charge < -0.3 is 5.32 Å². The molecular formula is C15H21NS. The fraction of sp³-hybridized carbons (Fsp3) is 0.600. The Morgan fingerprint density at radius 1 is 1.24 bits per heavy atom. The summed E-state index contributed by atoms with van der Waals surface area (Å²) in [6.07, 6.45) is 5.52. The summed E-state index contributed by atoms with van der Waals surface area (Å²) >= 11 is 1.93. The highest BCUT2D eigenvalue weighted by Crippen LogP contribution is 2.48. The molecule has 0 radical (unpaired) electrons. The van der Waals surface area contributed by atoms with Crippen molar-refractivity contribution in [3.05, 3.63) is 29.8 Å². The van der Waals surface area contributed by atoms with E-state index in [9.17, 15) is 0 Å². The lowest BCUT2D eigenvalue weighted by Gasteiger charge is -2.16. The lowest BCUT2D eigenvalue weighted by molar-refractivity contribution is 0.571. The predicted molar refractivity (Wildman–Crippen MR) is 74.8 cm³/mol. The Morgan fingerprint density at radius 2 is 1.94 bits per heavy atom. The molecule has 0 spiro atoms. The van der Waals surface area contributed by atoms with Gasteiger partial charge in [0.25, 0.3) is 0 Å². The Labute approximate surface area is 108 Å².